The third-order valence-electron chi connectivity index (χ3n) is 2.86. The number of amides is 1. The molecule has 1 amide bonds. The lowest BCUT2D eigenvalue weighted by Gasteiger charge is -2.14. The molecule has 5 nitrogen and oxygen atoms in total. The van der Waals surface area contributed by atoms with Gasteiger partial charge in [0.2, 0.25) is 5.91 Å². The van der Waals surface area contributed by atoms with Gasteiger partial charge in [-0.15, -0.1) is 6.58 Å². The molecular formula is C16H24N4O. The summed E-state index contributed by atoms with van der Waals surface area (Å²) in [7, 11) is 3.45. The molecule has 1 aromatic rings. The Labute approximate surface area is 126 Å². The zero-order valence-electron chi connectivity index (χ0n) is 13.0. The van der Waals surface area contributed by atoms with Crippen molar-refractivity contribution in [2.24, 2.45) is 4.99 Å². The lowest BCUT2D eigenvalue weighted by molar-refractivity contribution is -0.127. The van der Waals surface area contributed by atoms with E-state index in [4.69, 9.17) is 0 Å². The highest BCUT2D eigenvalue weighted by Crippen LogP contribution is 2.04. The van der Waals surface area contributed by atoms with E-state index in [1.807, 2.05) is 0 Å². The Hall–Kier alpha value is -2.30. The van der Waals surface area contributed by atoms with Crippen molar-refractivity contribution in [3.63, 3.8) is 0 Å². The first-order valence-corrected chi connectivity index (χ1v) is 6.91. The van der Waals surface area contributed by atoms with Crippen LogP contribution < -0.4 is 10.6 Å². The summed E-state index contributed by atoms with van der Waals surface area (Å²) in [6.45, 7) is 7.08. The quantitative estimate of drug-likeness (QED) is 0.471. The molecule has 0 heterocycles. The second-order valence-corrected chi connectivity index (χ2v) is 4.96. The smallest absolute Gasteiger partial charge is 0.241 e. The number of rotatable bonds is 6. The number of hydrogen-bond donors (Lipinski definition) is 2. The van der Waals surface area contributed by atoms with Gasteiger partial charge in [-0.1, -0.05) is 35.9 Å². The van der Waals surface area contributed by atoms with Crippen molar-refractivity contribution in [3.8, 4) is 0 Å². The van der Waals surface area contributed by atoms with Crippen LogP contribution in [0.1, 0.15) is 11.1 Å². The van der Waals surface area contributed by atoms with Crippen molar-refractivity contribution < 1.29 is 4.79 Å². The van der Waals surface area contributed by atoms with Gasteiger partial charge in [0.05, 0.1) is 13.1 Å². The number of benzene rings is 1. The number of aliphatic imine (C=N–C) groups is 1. The van der Waals surface area contributed by atoms with Crippen LogP contribution in [0.15, 0.2) is 41.9 Å². The first kappa shape index (κ1) is 16.8. The number of guanidine groups is 1. The average Bonchev–Trinajstić information content (AvgIpc) is 2.47. The fourth-order valence-electron chi connectivity index (χ4n) is 1.52. The number of likely N-dealkylation sites (N-methyl/N-ethyl adjacent to an activating group) is 1. The summed E-state index contributed by atoms with van der Waals surface area (Å²) in [4.78, 5) is 17.6. The Kier molecular flexibility index (Phi) is 7.01. The van der Waals surface area contributed by atoms with Crippen LogP contribution >= 0.6 is 0 Å². The van der Waals surface area contributed by atoms with Crippen molar-refractivity contribution in [2.75, 3.05) is 27.2 Å². The molecule has 0 aliphatic heterocycles. The van der Waals surface area contributed by atoms with Crippen LogP contribution in [0.3, 0.4) is 0 Å². The minimum Gasteiger partial charge on any atom is -0.353 e. The molecule has 0 fully saturated rings. The monoisotopic (exact) mass is 288 g/mol. The van der Waals surface area contributed by atoms with Crippen molar-refractivity contribution in [1.82, 2.24) is 15.5 Å². The Morgan fingerprint density at radius 3 is 2.52 bits per heavy atom. The van der Waals surface area contributed by atoms with Crippen LogP contribution in [0.2, 0.25) is 0 Å². The molecule has 0 aromatic heterocycles. The number of nitrogens with zero attached hydrogens (tertiary/aromatic N) is 2. The first-order chi connectivity index (χ1) is 10.0. The molecule has 114 valence electrons. The van der Waals surface area contributed by atoms with E-state index in [9.17, 15) is 4.79 Å². The lowest BCUT2D eigenvalue weighted by atomic mass is 10.1. The van der Waals surface area contributed by atoms with Crippen LogP contribution in [0.4, 0.5) is 0 Å². The van der Waals surface area contributed by atoms with E-state index in [1.54, 1.807) is 20.2 Å². The predicted octanol–water partition coefficient (Wildman–Crippen LogP) is 1.30. The van der Waals surface area contributed by atoms with Gasteiger partial charge in [0.1, 0.15) is 0 Å². The molecule has 1 rings (SSSR count). The van der Waals surface area contributed by atoms with Gasteiger partial charge in [0.15, 0.2) is 5.96 Å². The summed E-state index contributed by atoms with van der Waals surface area (Å²) in [5.41, 5.74) is 2.35. The van der Waals surface area contributed by atoms with Crippen molar-refractivity contribution >= 4 is 11.9 Å². The average molecular weight is 288 g/mol. The van der Waals surface area contributed by atoms with E-state index in [-0.39, 0.29) is 12.5 Å². The van der Waals surface area contributed by atoms with Gasteiger partial charge < -0.3 is 15.5 Å². The summed E-state index contributed by atoms with van der Waals surface area (Å²) in [5.74, 6) is 0.601. The normalized spacial score (nSPS) is 10.9. The Morgan fingerprint density at radius 2 is 1.95 bits per heavy atom. The minimum atomic E-state index is -0.00145. The van der Waals surface area contributed by atoms with E-state index in [2.05, 4.69) is 53.4 Å². The number of hydrogen-bond acceptors (Lipinski definition) is 2. The molecule has 21 heavy (non-hydrogen) atoms. The van der Waals surface area contributed by atoms with E-state index in [0.29, 0.717) is 19.0 Å². The van der Waals surface area contributed by atoms with Crippen LogP contribution in [-0.4, -0.2) is 44.0 Å². The van der Waals surface area contributed by atoms with Gasteiger partial charge in [0.25, 0.3) is 0 Å². The second-order valence-electron chi connectivity index (χ2n) is 4.96. The van der Waals surface area contributed by atoms with Gasteiger partial charge in [-0.05, 0) is 12.5 Å². The summed E-state index contributed by atoms with van der Waals surface area (Å²) < 4.78 is 0. The molecule has 0 bridgehead atoms. The minimum absolute atomic E-state index is 0.00145. The number of carbonyl (C=O) groups excluding carboxylic acids is 1. The van der Waals surface area contributed by atoms with E-state index >= 15 is 0 Å². The number of nitrogens with one attached hydrogen (secondary N) is 2. The maximum Gasteiger partial charge on any atom is 0.241 e. The largest absolute Gasteiger partial charge is 0.353 e. The fraction of sp³-hybridized carbons (Fsp3) is 0.375. The maximum absolute atomic E-state index is 11.6. The molecule has 2 N–H and O–H groups in total. The second kappa shape index (κ2) is 8.79. The van der Waals surface area contributed by atoms with Crippen molar-refractivity contribution in [2.45, 2.75) is 13.5 Å². The van der Waals surface area contributed by atoms with Gasteiger partial charge in [-0.25, -0.2) is 4.99 Å². The van der Waals surface area contributed by atoms with Crippen LogP contribution in [-0.2, 0) is 11.3 Å². The summed E-state index contributed by atoms with van der Waals surface area (Å²) >= 11 is 0. The van der Waals surface area contributed by atoms with Crippen LogP contribution in [0, 0.1) is 6.92 Å². The maximum atomic E-state index is 11.6. The highest BCUT2D eigenvalue weighted by Gasteiger charge is 2.05. The van der Waals surface area contributed by atoms with Gasteiger partial charge in [-0.2, -0.15) is 0 Å². The Morgan fingerprint density at radius 1 is 1.29 bits per heavy atom. The summed E-state index contributed by atoms with van der Waals surface area (Å²) in [5, 5.41) is 6.11. The molecule has 5 heteroatoms. The lowest BCUT2D eigenvalue weighted by Crippen LogP contribution is -2.43. The molecule has 0 atom stereocenters. The highest BCUT2D eigenvalue weighted by molar-refractivity contribution is 5.86. The topological polar surface area (TPSA) is 56.7 Å². The predicted molar refractivity (Wildman–Crippen MR) is 87.2 cm³/mol. The first-order valence-electron chi connectivity index (χ1n) is 6.91. The molecule has 0 saturated carbocycles. The standard InChI is InChI=1S/C16H24N4O/c1-5-10-17-16(19-12-15(21)20(3)4)18-11-14-8-6-13(2)7-9-14/h5-9H,1,10-12H2,2-4H3,(H2,17,18,19). The van der Waals surface area contributed by atoms with Gasteiger partial charge in [-0.3, -0.25) is 4.79 Å². The molecule has 0 aliphatic rings. The van der Waals surface area contributed by atoms with E-state index in [0.717, 1.165) is 5.56 Å². The number of carbonyl (C=O) groups is 1. The summed E-state index contributed by atoms with van der Waals surface area (Å²) in [6.07, 6.45) is 1.75. The van der Waals surface area contributed by atoms with E-state index in [1.165, 1.54) is 10.5 Å². The van der Waals surface area contributed by atoms with Crippen LogP contribution in [0.25, 0.3) is 0 Å². The van der Waals surface area contributed by atoms with Crippen LogP contribution in [0.5, 0.6) is 0 Å². The molecule has 1 aromatic carbocycles. The van der Waals surface area contributed by atoms with Gasteiger partial charge in [0, 0.05) is 20.6 Å². The molecule has 0 saturated heterocycles. The SMILES string of the molecule is C=CCNC(=NCc1ccc(C)cc1)NCC(=O)N(C)C. The molecule has 0 spiro atoms. The third kappa shape index (κ3) is 6.61. The zero-order chi connectivity index (χ0) is 15.7. The zero-order valence-corrected chi connectivity index (χ0v) is 13.0. The number of aryl methyl sites for hydroxylation is 1. The molecular weight excluding hydrogens is 264 g/mol. The molecule has 0 aliphatic carbocycles. The summed E-state index contributed by atoms with van der Waals surface area (Å²) in [6, 6.07) is 8.22. The Balaban J connectivity index is 2.62. The van der Waals surface area contributed by atoms with Crippen molar-refractivity contribution in [3.05, 3.63) is 48.0 Å². The Bertz CT molecular complexity index is 492. The van der Waals surface area contributed by atoms with Crippen molar-refractivity contribution in [1.29, 1.82) is 0 Å². The van der Waals surface area contributed by atoms with E-state index < -0.39 is 0 Å². The fourth-order valence-corrected chi connectivity index (χ4v) is 1.52. The molecule has 0 radical (unpaired) electrons. The molecule has 0 unspecified atom stereocenters. The highest BCUT2D eigenvalue weighted by atomic mass is 16.2. The van der Waals surface area contributed by atoms with Gasteiger partial charge >= 0.3 is 0 Å². The third-order valence-corrected chi connectivity index (χ3v) is 2.86.